The number of amides is 3. The van der Waals surface area contributed by atoms with Gasteiger partial charge in [-0.3, -0.25) is 19.1 Å². The van der Waals surface area contributed by atoms with Crippen LogP contribution in [0.3, 0.4) is 0 Å². The molecule has 1 saturated heterocycles. The molecule has 2 heterocycles. The molecule has 1 spiro atoms. The topological polar surface area (TPSA) is 108 Å². The fourth-order valence-electron chi connectivity index (χ4n) is 8.29. The van der Waals surface area contributed by atoms with Crippen LogP contribution in [-0.4, -0.2) is 57.6 Å². The monoisotopic (exact) mass is 634 g/mol. The zero-order valence-electron chi connectivity index (χ0n) is 27.7. The number of aromatic nitrogens is 2. The maximum atomic E-state index is 14.2. The first-order chi connectivity index (χ1) is 22.6. The van der Waals surface area contributed by atoms with Gasteiger partial charge in [0, 0.05) is 49.7 Å². The Bertz CT molecular complexity index is 1700. The number of anilines is 1. The van der Waals surface area contributed by atoms with E-state index in [0.717, 1.165) is 55.5 Å². The molecule has 9 heteroatoms. The van der Waals surface area contributed by atoms with Crippen LogP contribution in [0.2, 0.25) is 0 Å². The Morgan fingerprint density at radius 3 is 2.36 bits per heavy atom. The summed E-state index contributed by atoms with van der Waals surface area (Å²) in [5.74, 6) is -0.109. The van der Waals surface area contributed by atoms with Crippen LogP contribution in [0, 0.1) is 11.3 Å². The van der Waals surface area contributed by atoms with Crippen molar-refractivity contribution in [1.82, 2.24) is 25.3 Å². The summed E-state index contributed by atoms with van der Waals surface area (Å²) >= 11 is 0. The van der Waals surface area contributed by atoms with Gasteiger partial charge in [-0.15, -0.1) is 0 Å². The molecule has 0 bridgehead atoms. The van der Waals surface area contributed by atoms with Crippen LogP contribution in [0.15, 0.2) is 73.1 Å². The molecule has 3 aliphatic carbocycles. The molecule has 0 radical (unpaired) electrons. The Balaban J connectivity index is 1.15. The zero-order chi connectivity index (χ0) is 32.9. The minimum atomic E-state index is -0.771. The molecule has 246 valence electrons. The number of hydrogen-bond donors (Lipinski definition) is 3. The van der Waals surface area contributed by atoms with Crippen molar-refractivity contribution in [2.45, 2.75) is 82.2 Å². The predicted octanol–water partition coefficient (Wildman–Crippen LogP) is 5.06. The van der Waals surface area contributed by atoms with Crippen molar-refractivity contribution >= 4 is 23.4 Å². The number of allylic oxidation sites excluding steroid dienone is 1. The summed E-state index contributed by atoms with van der Waals surface area (Å²) in [5, 5.41) is 13.8. The molecule has 1 aliphatic heterocycles. The normalized spacial score (nSPS) is 23.8. The minimum Gasteiger partial charge on any atom is -0.374 e. The van der Waals surface area contributed by atoms with Gasteiger partial charge in [-0.1, -0.05) is 49.4 Å². The van der Waals surface area contributed by atoms with E-state index >= 15 is 0 Å². The molecule has 2 unspecified atom stereocenters. The summed E-state index contributed by atoms with van der Waals surface area (Å²) in [6, 6.07) is 17.1. The maximum Gasteiger partial charge on any atom is 0.270 e. The van der Waals surface area contributed by atoms with E-state index < -0.39 is 11.5 Å². The Hall–Kier alpha value is -4.40. The van der Waals surface area contributed by atoms with Crippen LogP contribution in [-0.2, 0) is 28.5 Å². The summed E-state index contributed by atoms with van der Waals surface area (Å²) in [6.07, 6.45) is 8.80. The largest absolute Gasteiger partial charge is 0.374 e. The third kappa shape index (κ3) is 5.63. The number of hydrogen-bond acceptors (Lipinski definition) is 5. The highest BCUT2D eigenvalue weighted by molar-refractivity contribution is 6.01. The first-order valence-electron chi connectivity index (χ1n) is 17.1. The molecule has 1 aromatic heterocycles. The molecule has 4 atom stereocenters. The second-order valence-electron chi connectivity index (χ2n) is 14.5. The van der Waals surface area contributed by atoms with Gasteiger partial charge in [-0.2, -0.15) is 5.10 Å². The third-order valence-corrected chi connectivity index (χ3v) is 11.6. The van der Waals surface area contributed by atoms with Crippen LogP contribution in [0.4, 0.5) is 5.69 Å². The van der Waals surface area contributed by atoms with Crippen molar-refractivity contribution in [2.75, 3.05) is 18.4 Å². The summed E-state index contributed by atoms with van der Waals surface area (Å²) < 4.78 is 1.52. The summed E-state index contributed by atoms with van der Waals surface area (Å²) in [5.41, 5.74) is 4.58. The second-order valence-corrected chi connectivity index (χ2v) is 14.5. The Labute approximate surface area is 277 Å². The van der Waals surface area contributed by atoms with Crippen LogP contribution in [0.5, 0.6) is 0 Å². The lowest BCUT2D eigenvalue weighted by molar-refractivity contribution is -0.127. The molecule has 7 rings (SSSR count). The molecule has 3 N–H and O–H groups in total. The lowest BCUT2D eigenvalue weighted by atomic mass is 9.76. The van der Waals surface area contributed by atoms with E-state index in [0.29, 0.717) is 30.3 Å². The van der Waals surface area contributed by atoms with E-state index in [-0.39, 0.29) is 35.1 Å². The molecular weight excluding hydrogens is 588 g/mol. The SMILES string of the molecule is C=C(C)N1CCC(C(=O)N[C@@H](C)C2CCC2)(c2ccc(NC(=O)[C@@H](NC(=O)c3ccnn3C)C3c4ccccc4CC34CC4)cc2)C1. The number of nitrogens with one attached hydrogen (secondary N) is 3. The van der Waals surface area contributed by atoms with Crippen LogP contribution in [0.25, 0.3) is 0 Å². The van der Waals surface area contributed by atoms with Gasteiger partial charge in [0.15, 0.2) is 0 Å². The number of nitrogens with zero attached hydrogens (tertiary/aromatic N) is 3. The highest BCUT2D eigenvalue weighted by Gasteiger charge is 2.58. The fraction of sp³-hybridized carbons (Fsp3) is 0.474. The van der Waals surface area contributed by atoms with Gasteiger partial charge in [0.1, 0.15) is 11.7 Å². The van der Waals surface area contributed by atoms with E-state index in [1.807, 2.05) is 43.3 Å². The van der Waals surface area contributed by atoms with Crippen molar-refractivity contribution in [3.05, 3.63) is 95.5 Å². The van der Waals surface area contributed by atoms with E-state index in [9.17, 15) is 14.4 Å². The molecule has 4 aliphatic rings. The van der Waals surface area contributed by atoms with Gasteiger partial charge < -0.3 is 20.9 Å². The highest BCUT2D eigenvalue weighted by atomic mass is 16.2. The van der Waals surface area contributed by atoms with Crippen molar-refractivity contribution in [3.63, 3.8) is 0 Å². The standard InChI is InChI=1S/C38H46N6O3/c1-24(2)44-21-19-38(23-44,36(47)40-25(3)26-9-7-10-26)28-12-14-29(15-13-28)41-35(46)33(42-34(45)31-16-20-39-43(31)4)32-30-11-6-5-8-27(30)22-37(32)17-18-37/h5-6,8,11-16,20,25-26,32-33H,1,7,9-10,17-19,21-23H2,2-4H3,(H,40,47)(H,41,46)(H,42,45)/t25-,32?,33-,38?/m0/s1. The van der Waals surface area contributed by atoms with Gasteiger partial charge in [-0.25, -0.2) is 0 Å². The number of likely N-dealkylation sites (tertiary alicyclic amines) is 1. The number of rotatable bonds is 10. The fourth-order valence-corrected chi connectivity index (χ4v) is 8.29. The van der Waals surface area contributed by atoms with Crippen LogP contribution in [0.1, 0.15) is 85.5 Å². The van der Waals surface area contributed by atoms with E-state index in [4.69, 9.17) is 0 Å². The van der Waals surface area contributed by atoms with Crippen molar-refractivity contribution in [3.8, 4) is 0 Å². The molecule has 47 heavy (non-hydrogen) atoms. The van der Waals surface area contributed by atoms with Crippen LogP contribution < -0.4 is 16.0 Å². The number of aryl methyl sites for hydroxylation is 1. The Morgan fingerprint density at radius 1 is 1.00 bits per heavy atom. The molecule has 2 saturated carbocycles. The van der Waals surface area contributed by atoms with Crippen molar-refractivity contribution in [1.29, 1.82) is 0 Å². The molecule has 3 aromatic rings. The number of benzene rings is 2. The average molecular weight is 635 g/mol. The molecule has 3 amide bonds. The lowest BCUT2D eigenvalue weighted by Gasteiger charge is -2.36. The Kier molecular flexibility index (Phi) is 7.97. The lowest BCUT2D eigenvalue weighted by Crippen LogP contribution is -2.51. The van der Waals surface area contributed by atoms with Crippen molar-refractivity contribution < 1.29 is 14.4 Å². The van der Waals surface area contributed by atoms with E-state index in [1.54, 1.807) is 19.3 Å². The number of carbonyl (C=O) groups excluding carboxylic acids is 3. The Morgan fingerprint density at radius 2 is 1.74 bits per heavy atom. The number of carbonyl (C=O) groups is 3. The second kappa shape index (κ2) is 12.0. The van der Waals surface area contributed by atoms with Gasteiger partial charge in [0.25, 0.3) is 5.91 Å². The molecular formula is C38H46N6O3. The average Bonchev–Trinajstić information content (AvgIpc) is 3.33. The van der Waals surface area contributed by atoms with E-state index in [2.05, 4.69) is 51.6 Å². The summed E-state index contributed by atoms with van der Waals surface area (Å²) in [6.45, 7) is 9.59. The smallest absolute Gasteiger partial charge is 0.270 e. The zero-order valence-corrected chi connectivity index (χ0v) is 27.7. The van der Waals surface area contributed by atoms with Crippen molar-refractivity contribution in [2.24, 2.45) is 18.4 Å². The van der Waals surface area contributed by atoms with Gasteiger partial charge >= 0.3 is 0 Å². The van der Waals surface area contributed by atoms with Gasteiger partial charge in [-0.05, 0) is 98.6 Å². The molecule has 2 aromatic carbocycles. The summed E-state index contributed by atoms with van der Waals surface area (Å²) in [7, 11) is 1.72. The number of fused-ring (bicyclic) bond motifs is 1. The predicted molar refractivity (Wildman–Crippen MR) is 182 cm³/mol. The van der Waals surface area contributed by atoms with Gasteiger partial charge in [0.05, 0.1) is 5.41 Å². The van der Waals surface area contributed by atoms with Crippen LogP contribution >= 0.6 is 0 Å². The highest BCUT2D eigenvalue weighted by Crippen LogP contribution is 2.64. The third-order valence-electron chi connectivity index (χ3n) is 11.6. The van der Waals surface area contributed by atoms with E-state index in [1.165, 1.54) is 16.7 Å². The first-order valence-corrected chi connectivity index (χ1v) is 17.1. The summed E-state index contributed by atoms with van der Waals surface area (Å²) in [4.78, 5) is 43.9. The first kappa shape index (κ1) is 31.2. The minimum absolute atomic E-state index is 0.0245. The molecule has 9 nitrogen and oxygen atoms in total. The van der Waals surface area contributed by atoms with Gasteiger partial charge in [0.2, 0.25) is 11.8 Å². The maximum absolute atomic E-state index is 14.2. The quantitative estimate of drug-likeness (QED) is 0.289. The molecule has 3 fully saturated rings.